The number of carbonyl (C=O) groups excluding carboxylic acids is 2. The van der Waals surface area contributed by atoms with Gasteiger partial charge in [0.1, 0.15) is 0 Å². The van der Waals surface area contributed by atoms with Gasteiger partial charge in [-0.1, -0.05) is 13.2 Å². The van der Waals surface area contributed by atoms with Crippen LogP contribution in [0.3, 0.4) is 0 Å². The molecule has 0 aliphatic carbocycles. The largest absolute Gasteiger partial charge is 0.500 e. The molecule has 0 fully saturated rings. The van der Waals surface area contributed by atoms with Gasteiger partial charge in [0.25, 0.3) is 0 Å². The molecule has 1 unspecified atom stereocenters. The van der Waals surface area contributed by atoms with Crippen molar-refractivity contribution in [2.24, 2.45) is 0 Å². The predicted octanol–water partition coefficient (Wildman–Crippen LogP) is 6.27. The molecule has 0 aliphatic heterocycles. The molecule has 20 heteroatoms. The summed E-state index contributed by atoms with van der Waals surface area (Å²) in [4.78, 5) is 21.8. The Morgan fingerprint density at radius 3 is 1.51 bits per heavy atom. The van der Waals surface area contributed by atoms with Crippen molar-refractivity contribution >= 4 is 20.7 Å². The molecule has 0 rings (SSSR count). The summed E-state index contributed by atoms with van der Waals surface area (Å²) in [6.07, 6.45) is -20.1. The van der Waals surface area contributed by atoms with E-state index in [1.165, 1.54) is 0 Å². The molecule has 0 saturated carbocycles. The number of halogens is 12. The highest BCUT2D eigenvalue weighted by Crippen LogP contribution is 2.55. The lowest BCUT2D eigenvalue weighted by Crippen LogP contribution is -2.65. The van der Waals surface area contributed by atoms with Gasteiger partial charge in [-0.2, -0.15) is 48.3 Å². The van der Waals surface area contributed by atoms with Gasteiger partial charge in [-0.05, 0) is 20.3 Å². The first-order valence-electron chi connectivity index (χ1n) is 10.8. The second-order valence-electron chi connectivity index (χ2n) is 8.06. The molecular formula is C21H28F12O7Si. The first kappa shape index (κ1) is 40.8. The number of esters is 2. The summed E-state index contributed by atoms with van der Waals surface area (Å²) in [7, 11) is 2.13. The number of ether oxygens (including phenoxy) is 2. The Morgan fingerprint density at radius 2 is 1.17 bits per heavy atom. The standard InChI is InChI=1S/C11H8F12O2.C10H20O5Si/c1-4(2)6(24)25-11(22,23)10(20,21)9(18,19)8(16,17)5(12)3-7(13,14)15;1-9(2)10(11)15-7-6-8-16(12-3,13-4)14-5/h5H,1,3H2,2H3;1,6-8H2,2-5H3. The first-order chi connectivity index (χ1) is 18.2. The first-order valence-corrected chi connectivity index (χ1v) is 12.7. The summed E-state index contributed by atoms with van der Waals surface area (Å²) in [6, 6.07) is 0.611. The maximum absolute atomic E-state index is 13.2. The van der Waals surface area contributed by atoms with E-state index < -0.39 is 63.0 Å². The van der Waals surface area contributed by atoms with Crippen molar-refractivity contribution in [1.29, 1.82) is 0 Å². The summed E-state index contributed by atoms with van der Waals surface area (Å²) in [5.41, 5.74) is -0.625. The number of carbonyl (C=O) groups is 2. The molecule has 0 aliphatic rings. The Morgan fingerprint density at radius 1 is 0.756 bits per heavy atom. The zero-order valence-corrected chi connectivity index (χ0v) is 23.2. The number of alkyl halides is 12. The van der Waals surface area contributed by atoms with Gasteiger partial charge >= 0.3 is 50.8 Å². The minimum absolute atomic E-state index is 0.316. The second kappa shape index (κ2) is 15.2. The molecule has 1 atom stereocenters. The maximum atomic E-state index is 13.2. The van der Waals surface area contributed by atoms with Crippen LogP contribution < -0.4 is 0 Å². The number of hydrogen-bond acceptors (Lipinski definition) is 7. The lowest BCUT2D eigenvalue weighted by atomic mass is 9.97. The zero-order chi connectivity index (χ0) is 33.3. The molecule has 0 spiro atoms. The summed E-state index contributed by atoms with van der Waals surface area (Å²) in [6.45, 7) is 8.65. The Hall–Kier alpha value is -2.32. The summed E-state index contributed by atoms with van der Waals surface area (Å²) in [5, 5.41) is 0. The summed E-state index contributed by atoms with van der Waals surface area (Å²) < 4.78 is 176. The van der Waals surface area contributed by atoms with Crippen LogP contribution in [0.4, 0.5) is 52.7 Å². The topological polar surface area (TPSA) is 80.3 Å². The highest BCUT2D eigenvalue weighted by Gasteiger charge is 2.84. The van der Waals surface area contributed by atoms with Gasteiger partial charge in [0, 0.05) is 38.5 Å². The molecule has 0 aromatic carbocycles. The Bertz CT molecular complexity index is 897. The molecule has 242 valence electrons. The minimum Gasteiger partial charge on any atom is -0.462 e. The van der Waals surface area contributed by atoms with E-state index in [1.807, 2.05) is 0 Å². The van der Waals surface area contributed by atoms with Gasteiger partial charge in [0.05, 0.1) is 13.0 Å². The SMILES string of the molecule is C=C(C)C(=O)OC(F)(F)C(F)(F)C(F)(F)C(F)(F)C(F)CC(F)(F)F.C=C(C)C(=O)OCCC[Si](OC)(OC)OC. The molecule has 0 aromatic rings. The van der Waals surface area contributed by atoms with E-state index in [0.29, 0.717) is 31.6 Å². The molecule has 0 radical (unpaired) electrons. The van der Waals surface area contributed by atoms with Crippen molar-refractivity contribution in [3.05, 3.63) is 24.3 Å². The molecule has 0 N–H and O–H groups in total. The van der Waals surface area contributed by atoms with Gasteiger partial charge in [-0.15, -0.1) is 0 Å². The molecule has 0 bridgehead atoms. The Balaban J connectivity index is 0. The fourth-order valence-electron chi connectivity index (χ4n) is 2.32. The van der Waals surface area contributed by atoms with E-state index in [2.05, 4.69) is 17.9 Å². The maximum Gasteiger partial charge on any atom is 0.500 e. The summed E-state index contributed by atoms with van der Waals surface area (Å²) in [5.74, 6) is -24.3. The fourth-order valence-corrected chi connectivity index (χ4v) is 4.01. The molecule has 0 aromatic heterocycles. The van der Waals surface area contributed by atoms with Crippen molar-refractivity contribution in [1.82, 2.24) is 0 Å². The molecular weight excluding hydrogens is 620 g/mol. The number of hydrogen-bond donors (Lipinski definition) is 0. The second-order valence-corrected chi connectivity index (χ2v) is 11.2. The average Bonchev–Trinajstić information content (AvgIpc) is 2.83. The van der Waals surface area contributed by atoms with Gasteiger partial charge in [0.15, 0.2) is 6.17 Å². The van der Waals surface area contributed by atoms with Crippen LogP contribution in [0.5, 0.6) is 0 Å². The van der Waals surface area contributed by atoms with E-state index in [0.717, 1.165) is 0 Å². The third-order valence-corrected chi connectivity index (χ3v) is 7.53. The van der Waals surface area contributed by atoms with Crippen molar-refractivity contribution in [3.8, 4) is 0 Å². The van der Waals surface area contributed by atoms with Crippen LogP contribution >= 0.6 is 0 Å². The van der Waals surface area contributed by atoms with Gasteiger partial charge in [-0.25, -0.2) is 14.0 Å². The lowest BCUT2D eigenvalue weighted by Gasteiger charge is -2.37. The normalized spacial score (nSPS) is 14.0. The van der Waals surface area contributed by atoms with Crippen LogP contribution in [0.1, 0.15) is 26.7 Å². The van der Waals surface area contributed by atoms with E-state index in [1.54, 1.807) is 28.3 Å². The quantitative estimate of drug-likeness (QED) is 0.0681. The van der Waals surface area contributed by atoms with Gasteiger partial charge in [0.2, 0.25) is 0 Å². The fraction of sp³-hybridized carbons (Fsp3) is 0.714. The van der Waals surface area contributed by atoms with Crippen LogP contribution in [-0.4, -0.2) is 84.9 Å². The third kappa shape index (κ3) is 11.1. The van der Waals surface area contributed by atoms with E-state index in [-0.39, 0.29) is 5.97 Å². The lowest BCUT2D eigenvalue weighted by molar-refractivity contribution is -0.422. The zero-order valence-electron chi connectivity index (χ0n) is 22.2. The average molecular weight is 649 g/mol. The predicted molar refractivity (Wildman–Crippen MR) is 118 cm³/mol. The monoisotopic (exact) mass is 648 g/mol. The molecule has 41 heavy (non-hydrogen) atoms. The van der Waals surface area contributed by atoms with Crippen LogP contribution in [0.15, 0.2) is 24.3 Å². The van der Waals surface area contributed by atoms with Crippen LogP contribution in [0.2, 0.25) is 6.04 Å². The molecule has 0 amide bonds. The van der Waals surface area contributed by atoms with Crippen LogP contribution in [-0.2, 0) is 32.3 Å². The molecule has 0 heterocycles. The van der Waals surface area contributed by atoms with Crippen molar-refractivity contribution in [2.45, 2.75) is 69.0 Å². The third-order valence-electron chi connectivity index (χ3n) is 4.69. The highest BCUT2D eigenvalue weighted by molar-refractivity contribution is 6.60. The van der Waals surface area contributed by atoms with Crippen molar-refractivity contribution < 1.29 is 85.0 Å². The van der Waals surface area contributed by atoms with Gasteiger partial charge < -0.3 is 22.8 Å². The van der Waals surface area contributed by atoms with Crippen LogP contribution in [0, 0.1) is 0 Å². The van der Waals surface area contributed by atoms with Crippen molar-refractivity contribution in [2.75, 3.05) is 27.9 Å². The minimum atomic E-state index is -7.36. The van der Waals surface area contributed by atoms with Crippen LogP contribution in [0.25, 0.3) is 0 Å². The number of rotatable bonds is 15. The van der Waals surface area contributed by atoms with E-state index in [4.69, 9.17) is 18.0 Å². The Kier molecular flexibility index (Phi) is 15.2. The highest BCUT2D eigenvalue weighted by atomic mass is 28.4. The Labute approximate surface area is 227 Å². The van der Waals surface area contributed by atoms with Crippen molar-refractivity contribution in [3.63, 3.8) is 0 Å². The van der Waals surface area contributed by atoms with Gasteiger partial charge in [-0.3, -0.25) is 0 Å². The smallest absolute Gasteiger partial charge is 0.462 e. The van der Waals surface area contributed by atoms with E-state index >= 15 is 0 Å². The van der Waals surface area contributed by atoms with E-state index in [9.17, 15) is 62.3 Å². The molecule has 0 saturated heterocycles. The summed E-state index contributed by atoms with van der Waals surface area (Å²) >= 11 is 0. The molecule has 7 nitrogen and oxygen atoms in total.